The molecule has 1 aromatic heterocycles. The summed E-state index contributed by atoms with van der Waals surface area (Å²) in [5.41, 5.74) is -2.89. The number of alkyl halides is 5. The van der Waals surface area contributed by atoms with Gasteiger partial charge in [-0.1, -0.05) is 0 Å². The van der Waals surface area contributed by atoms with Crippen LogP contribution in [0.15, 0.2) is 10.7 Å². The monoisotopic (exact) mass is 314 g/mol. The van der Waals surface area contributed by atoms with Crippen molar-refractivity contribution in [3.8, 4) is 6.07 Å². The molecule has 1 aromatic rings. The second-order valence-corrected chi connectivity index (χ2v) is 3.75. The molecule has 0 saturated heterocycles. The smallest absolute Gasteiger partial charge is 0.244 e. The topological polar surface area (TPSA) is 36.7 Å². The predicted molar refractivity (Wildman–Crippen MR) is 51.2 cm³/mol. The molecule has 1 heterocycles. The van der Waals surface area contributed by atoms with Crippen LogP contribution in [0, 0.1) is 11.3 Å². The zero-order valence-corrected chi connectivity index (χ0v) is 9.61. The standard InChI is InChI=1S/C9H4BrF5N2/c10-7-6(8(11)12)5(9(13,14)15)3-4(17-7)1-2-16/h3,8H,1H2. The number of nitriles is 1. The molecule has 0 radical (unpaired) electrons. The van der Waals surface area contributed by atoms with Crippen molar-refractivity contribution in [1.82, 2.24) is 4.98 Å². The maximum Gasteiger partial charge on any atom is 0.417 e. The minimum Gasteiger partial charge on any atom is -0.244 e. The molecule has 0 aliphatic rings. The van der Waals surface area contributed by atoms with Gasteiger partial charge in [0.2, 0.25) is 0 Å². The molecular formula is C9H4BrF5N2. The average molecular weight is 315 g/mol. The first-order chi connectivity index (χ1) is 7.77. The van der Waals surface area contributed by atoms with E-state index in [1.165, 1.54) is 0 Å². The summed E-state index contributed by atoms with van der Waals surface area (Å²) in [4.78, 5) is 3.47. The van der Waals surface area contributed by atoms with Crippen LogP contribution in [0.3, 0.4) is 0 Å². The SMILES string of the molecule is N#CCc1cc(C(F)(F)F)c(C(F)F)c(Br)n1. The largest absolute Gasteiger partial charge is 0.417 e. The Kier molecular flexibility index (Phi) is 4.03. The molecule has 0 aliphatic heterocycles. The van der Waals surface area contributed by atoms with E-state index < -0.39 is 28.3 Å². The second-order valence-electron chi connectivity index (χ2n) is 3.00. The van der Waals surface area contributed by atoms with E-state index in [-0.39, 0.29) is 12.1 Å². The Bertz CT molecular complexity index is 464. The Morgan fingerprint density at radius 1 is 1.41 bits per heavy atom. The number of halogens is 6. The molecule has 0 aromatic carbocycles. The van der Waals surface area contributed by atoms with E-state index in [1.807, 2.05) is 0 Å². The van der Waals surface area contributed by atoms with Gasteiger partial charge in [0.05, 0.1) is 29.3 Å². The normalized spacial score (nSPS) is 11.6. The number of nitrogens with zero attached hydrogens (tertiary/aromatic N) is 2. The summed E-state index contributed by atoms with van der Waals surface area (Å²) >= 11 is 2.56. The highest BCUT2D eigenvalue weighted by Crippen LogP contribution is 2.39. The first-order valence-electron chi connectivity index (χ1n) is 4.19. The first kappa shape index (κ1) is 13.8. The van der Waals surface area contributed by atoms with Crippen LogP contribution in [-0.2, 0) is 12.6 Å². The van der Waals surface area contributed by atoms with Crippen molar-refractivity contribution >= 4 is 15.9 Å². The van der Waals surface area contributed by atoms with E-state index in [4.69, 9.17) is 5.26 Å². The molecule has 0 unspecified atom stereocenters. The van der Waals surface area contributed by atoms with Gasteiger partial charge < -0.3 is 0 Å². The zero-order chi connectivity index (χ0) is 13.2. The Labute approximate surface area is 101 Å². The molecule has 0 spiro atoms. The lowest BCUT2D eigenvalue weighted by molar-refractivity contribution is -0.139. The fraction of sp³-hybridized carbons (Fsp3) is 0.333. The highest BCUT2D eigenvalue weighted by atomic mass is 79.9. The summed E-state index contributed by atoms with van der Waals surface area (Å²) in [6, 6.07) is 2.07. The van der Waals surface area contributed by atoms with Gasteiger partial charge in [0.15, 0.2) is 0 Å². The van der Waals surface area contributed by atoms with Crippen LogP contribution in [0.25, 0.3) is 0 Å². The van der Waals surface area contributed by atoms with Gasteiger partial charge in [-0.25, -0.2) is 13.8 Å². The molecule has 0 amide bonds. The molecule has 0 bridgehead atoms. The maximum absolute atomic E-state index is 12.5. The van der Waals surface area contributed by atoms with Gasteiger partial charge in [-0.05, 0) is 22.0 Å². The van der Waals surface area contributed by atoms with Crippen LogP contribution >= 0.6 is 15.9 Å². The predicted octanol–water partition coefficient (Wildman–Crippen LogP) is 3.87. The van der Waals surface area contributed by atoms with E-state index in [0.29, 0.717) is 6.07 Å². The van der Waals surface area contributed by atoms with E-state index in [9.17, 15) is 22.0 Å². The van der Waals surface area contributed by atoms with Gasteiger partial charge in [-0.2, -0.15) is 18.4 Å². The molecule has 0 saturated carbocycles. The lowest BCUT2D eigenvalue weighted by atomic mass is 10.1. The lowest BCUT2D eigenvalue weighted by Gasteiger charge is -2.14. The fourth-order valence-corrected chi connectivity index (χ4v) is 1.80. The van der Waals surface area contributed by atoms with Crippen molar-refractivity contribution in [2.24, 2.45) is 0 Å². The number of rotatable bonds is 2. The van der Waals surface area contributed by atoms with Crippen molar-refractivity contribution < 1.29 is 22.0 Å². The van der Waals surface area contributed by atoms with Crippen molar-refractivity contribution in [2.75, 3.05) is 0 Å². The van der Waals surface area contributed by atoms with Gasteiger partial charge in [-0.15, -0.1) is 0 Å². The van der Waals surface area contributed by atoms with Gasteiger partial charge in [-0.3, -0.25) is 0 Å². The molecule has 1 rings (SSSR count). The molecule has 17 heavy (non-hydrogen) atoms. The Balaban J connectivity index is 3.46. The quantitative estimate of drug-likeness (QED) is 0.614. The van der Waals surface area contributed by atoms with Crippen molar-refractivity contribution in [3.05, 3.63) is 27.5 Å². The molecule has 0 fully saturated rings. The number of hydrogen-bond donors (Lipinski definition) is 0. The Morgan fingerprint density at radius 3 is 2.41 bits per heavy atom. The minimum absolute atomic E-state index is 0.212. The van der Waals surface area contributed by atoms with Gasteiger partial charge in [0.1, 0.15) is 4.60 Å². The number of pyridine rings is 1. The van der Waals surface area contributed by atoms with Crippen LogP contribution in [0.2, 0.25) is 0 Å². The van der Waals surface area contributed by atoms with E-state index >= 15 is 0 Å². The third-order valence-corrected chi connectivity index (χ3v) is 2.45. The zero-order valence-electron chi connectivity index (χ0n) is 8.02. The van der Waals surface area contributed by atoms with Crippen LogP contribution in [0.5, 0.6) is 0 Å². The fourth-order valence-electron chi connectivity index (χ4n) is 1.19. The van der Waals surface area contributed by atoms with Crippen LogP contribution in [0.1, 0.15) is 23.2 Å². The maximum atomic E-state index is 12.5. The lowest BCUT2D eigenvalue weighted by Crippen LogP contribution is -2.12. The molecule has 0 N–H and O–H groups in total. The molecule has 2 nitrogen and oxygen atoms in total. The van der Waals surface area contributed by atoms with Gasteiger partial charge >= 0.3 is 6.18 Å². The Morgan fingerprint density at radius 2 is 2.00 bits per heavy atom. The first-order valence-corrected chi connectivity index (χ1v) is 4.98. The van der Waals surface area contributed by atoms with Gasteiger partial charge in [0, 0.05) is 0 Å². The summed E-state index contributed by atoms with van der Waals surface area (Å²) in [6.45, 7) is 0. The summed E-state index contributed by atoms with van der Waals surface area (Å²) in [5, 5.41) is 8.35. The highest BCUT2D eigenvalue weighted by molar-refractivity contribution is 9.10. The van der Waals surface area contributed by atoms with E-state index in [2.05, 4.69) is 20.9 Å². The van der Waals surface area contributed by atoms with Crippen LogP contribution < -0.4 is 0 Å². The van der Waals surface area contributed by atoms with Crippen molar-refractivity contribution in [2.45, 2.75) is 19.0 Å². The molecule has 92 valence electrons. The third kappa shape index (κ3) is 3.12. The van der Waals surface area contributed by atoms with Crippen LogP contribution in [0.4, 0.5) is 22.0 Å². The van der Waals surface area contributed by atoms with Crippen LogP contribution in [-0.4, -0.2) is 4.98 Å². The molecular weight excluding hydrogens is 311 g/mol. The average Bonchev–Trinajstić information content (AvgIpc) is 2.15. The summed E-state index contributed by atoms with van der Waals surface area (Å²) in [7, 11) is 0. The van der Waals surface area contributed by atoms with E-state index in [0.717, 1.165) is 0 Å². The second kappa shape index (κ2) is 4.96. The summed E-state index contributed by atoms with van der Waals surface area (Å²) in [5.74, 6) is 0. The Hall–Kier alpha value is -1.23. The van der Waals surface area contributed by atoms with E-state index in [1.54, 1.807) is 6.07 Å². The van der Waals surface area contributed by atoms with Crippen molar-refractivity contribution in [1.29, 1.82) is 5.26 Å². The minimum atomic E-state index is -4.92. The molecule has 8 heteroatoms. The van der Waals surface area contributed by atoms with Crippen molar-refractivity contribution in [3.63, 3.8) is 0 Å². The highest BCUT2D eigenvalue weighted by Gasteiger charge is 2.37. The number of aromatic nitrogens is 1. The molecule has 0 aliphatic carbocycles. The summed E-state index contributed by atoms with van der Waals surface area (Å²) < 4.78 is 62.0. The third-order valence-electron chi connectivity index (χ3n) is 1.85. The number of hydrogen-bond acceptors (Lipinski definition) is 2. The molecule has 0 atom stereocenters. The van der Waals surface area contributed by atoms with Gasteiger partial charge in [0.25, 0.3) is 6.43 Å². The summed E-state index contributed by atoms with van der Waals surface area (Å²) in [6.07, 6.45) is -8.60.